The predicted octanol–water partition coefficient (Wildman–Crippen LogP) is 3.90. The zero-order chi connectivity index (χ0) is 28.1. The lowest BCUT2D eigenvalue weighted by molar-refractivity contribution is 0.0322. The lowest BCUT2D eigenvalue weighted by Gasteiger charge is -2.26. The van der Waals surface area contributed by atoms with Crippen molar-refractivity contribution in [2.45, 2.75) is 26.4 Å². The van der Waals surface area contributed by atoms with Gasteiger partial charge in [0.2, 0.25) is 0 Å². The van der Waals surface area contributed by atoms with E-state index in [1.165, 1.54) is 11.3 Å². The zero-order valence-corrected chi connectivity index (χ0v) is 23.6. The Morgan fingerprint density at radius 1 is 1.15 bits per heavy atom. The quantitative estimate of drug-likeness (QED) is 0.277. The standard InChI is InChI=1S/C28H33N7O4S/c1-4-29-26(36)34-27-33-23-14-18(19-16-31-25(32-17-19)28(2,3)37)13-21(24(23)40-27)22-15-20(5-6-30-22)39-12-9-35-7-10-38-11-8-35/h5-6,13-17,37H,4,7-12H2,1-3H3,(H2,29,33,34,36). The SMILES string of the molecule is CCNC(=O)Nc1nc2cc(-c3cnc(C(C)(C)O)nc3)cc(-c3cc(OCCN4CCOCC4)ccn3)c2s1. The first-order chi connectivity index (χ1) is 19.3. The van der Waals surface area contributed by atoms with Crippen molar-refractivity contribution in [1.29, 1.82) is 0 Å². The number of amides is 2. The van der Waals surface area contributed by atoms with Crippen LogP contribution in [0.25, 0.3) is 32.6 Å². The molecular formula is C28H33N7O4S. The Bertz CT molecular complexity index is 1460. The van der Waals surface area contributed by atoms with E-state index >= 15 is 0 Å². The number of anilines is 1. The van der Waals surface area contributed by atoms with Crippen molar-refractivity contribution in [2.75, 3.05) is 51.3 Å². The first-order valence-corrected chi connectivity index (χ1v) is 14.1. The van der Waals surface area contributed by atoms with Gasteiger partial charge in [-0.05, 0) is 44.5 Å². The number of thiazole rings is 1. The minimum Gasteiger partial charge on any atom is -0.492 e. The maximum Gasteiger partial charge on any atom is 0.321 e. The average molecular weight is 564 g/mol. The van der Waals surface area contributed by atoms with Gasteiger partial charge in [0.15, 0.2) is 11.0 Å². The van der Waals surface area contributed by atoms with Crippen molar-refractivity contribution in [3.63, 3.8) is 0 Å². The summed E-state index contributed by atoms with van der Waals surface area (Å²) in [6, 6.07) is 7.40. The molecule has 11 nitrogen and oxygen atoms in total. The van der Waals surface area contributed by atoms with Crippen LogP contribution in [0.5, 0.6) is 5.75 Å². The van der Waals surface area contributed by atoms with E-state index in [9.17, 15) is 9.90 Å². The minimum absolute atomic E-state index is 0.312. The summed E-state index contributed by atoms with van der Waals surface area (Å²) in [6.45, 7) is 10.4. The number of nitrogens with zero attached hydrogens (tertiary/aromatic N) is 5. The molecule has 210 valence electrons. The van der Waals surface area contributed by atoms with Gasteiger partial charge in [0.25, 0.3) is 0 Å². The Kier molecular flexibility index (Phi) is 8.50. The van der Waals surface area contributed by atoms with Gasteiger partial charge in [-0.3, -0.25) is 15.2 Å². The second-order valence-electron chi connectivity index (χ2n) is 9.91. The highest BCUT2D eigenvalue weighted by molar-refractivity contribution is 7.22. The van der Waals surface area contributed by atoms with Crippen LogP contribution in [-0.2, 0) is 10.3 Å². The summed E-state index contributed by atoms with van der Waals surface area (Å²) < 4.78 is 12.4. The molecule has 1 aliphatic rings. The maximum absolute atomic E-state index is 12.2. The van der Waals surface area contributed by atoms with Crippen LogP contribution in [0.3, 0.4) is 0 Å². The summed E-state index contributed by atoms with van der Waals surface area (Å²) in [6.07, 6.45) is 5.10. The Morgan fingerprint density at radius 2 is 1.93 bits per heavy atom. The molecule has 4 aromatic rings. The molecule has 0 aliphatic carbocycles. The molecule has 0 radical (unpaired) electrons. The molecule has 40 heavy (non-hydrogen) atoms. The summed E-state index contributed by atoms with van der Waals surface area (Å²) in [4.78, 5) is 32.6. The summed E-state index contributed by atoms with van der Waals surface area (Å²) in [5.74, 6) is 1.06. The number of benzene rings is 1. The Hall–Kier alpha value is -3.71. The molecule has 4 heterocycles. The number of fused-ring (bicyclic) bond motifs is 1. The number of hydrogen-bond donors (Lipinski definition) is 3. The van der Waals surface area contributed by atoms with Gasteiger partial charge in [0.05, 0.1) is 29.1 Å². The van der Waals surface area contributed by atoms with Gasteiger partial charge >= 0.3 is 6.03 Å². The molecule has 2 amide bonds. The molecule has 1 aliphatic heterocycles. The zero-order valence-electron chi connectivity index (χ0n) is 22.8. The van der Waals surface area contributed by atoms with Gasteiger partial charge in [-0.2, -0.15) is 0 Å². The Morgan fingerprint density at radius 3 is 2.65 bits per heavy atom. The summed E-state index contributed by atoms with van der Waals surface area (Å²) in [5, 5.41) is 16.3. The van der Waals surface area contributed by atoms with Crippen LogP contribution >= 0.6 is 11.3 Å². The van der Waals surface area contributed by atoms with Crippen molar-refractivity contribution in [1.82, 2.24) is 30.2 Å². The van der Waals surface area contributed by atoms with Crippen LogP contribution < -0.4 is 15.4 Å². The van der Waals surface area contributed by atoms with Crippen LogP contribution in [0.2, 0.25) is 0 Å². The minimum atomic E-state index is -1.14. The van der Waals surface area contributed by atoms with Gasteiger partial charge in [0, 0.05) is 62.0 Å². The van der Waals surface area contributed by atoms with Crippen LogP contribution in [0.1, 0.15) is 26.6 Å². The highest BCUT2D eigenvalue weighted by Gasteiger charge is 2.20. The van der Waals surface area contributed by atoms with Crippen LogP contribution in [0.15, 0.2) is 42.9 Å². The van der Waals surface area contributed by atoms with Crippen molar-refractivity contribution in [3.8, 4) is 28.1 Å². The number of urea groups is 1. The van der Waals surface area contributed by atoms with E-state index in [1.807, 2.05) is 31.2 Å². The number of carbonyl (C=O) groups excluding carboxylic acids is 1. The fraction of sp³-hybridized carbons (Fsp3) is 0.393. The first kappa shape index (κ1) is 27.8. The van der Waals surface area contributed by atoms with Gasteiger partial charge in [-0.1, -0.05) is 11.3 Å². The molecule has 3 aromatic heterocycles. The van der Waals surface area contributed by atoms with E-state index in [0.717, 1.165) is 65.7 Å². The van der Waals surface area contributed by atoms with Gasteiger partial charge < -0.3 is 19.9 Å². The van der Waals surface area contributed by atoms with E-state index in [1.54, 1.807) is 32.4 Å². The fourth-order valence-electron chi connectivity index (χ4n) is 4.30. The van der Waals surface area contributed by atoms with E-state index in [0.29, 0.717) is 29.6 Å². The van der Waals surface area contributed by atoms with Crippen molar-refractivity contribution in [2.24, 2.45) is 0 Å². The van der Waals surface area contributed by atoms with E-state index < -0.39 is 5.60 Å². The van der Waals surface area contributed by atoms with Crippen molar-refractivity contribution >= 4 is 32.7 Å². The average Bonchev–Trinajstić information content (AvgIpc) is 3.35. The molecular weight excluding hydrogens is 530 g/mol. The van der Waals surface area contributed by atoms with E-state index in [-0.39, 0.29) is 6.03 Å². The smallest absolute Gasteiger partial charge is 0.321 e. The summed E-state index contributed by atoms with van der Waals surface area (Å²) in [7, 11) is 0. The number of pyridine rings is 1. The molecule has 0 atom stereocenters. The third kappa shape index (κ3) is 6.70. The number of aromatic nitrogens is 4. The van der Waals surface area contributed by atoms with Gasteiger partial charge in [-0.25, -0.2) is 19.7 Å². The third-order valence-electron chi connectivity index (χ3n) is 6.37. The molecule has 3 N–H and O–H groups in total. The number of morpholine rings is 1. The molecule has 5 rings (SSSR count). The van der Waals surface area contributed by atoms with Crippen LogP contribution in [0.4, 0.5) is 9.93 Å². The molecule has 0 spiro atoms. The highest BCUT2D eigenvalue weighted by atomic mass is 32.1. The Balaban J connectivity index is 1.48. The van der Waals surface area contributed by atoms with E-state index in [2.05, 4.69) is 35.5 Å². The van der Waals surface area contributed by atoms with Crippen molar-refractivity contribution < 1.29 is 19.4 Å². The van der Waals surface area contributed by atoms with Crippen LogP contribution in [-0.4, -0.2) is 82.0 Å². The number of rotatable bonds is 9. The third-order valence-corrected chi connectivity index (χ3v) is 7.39. The monoisotopic (exact) mass is 563 g/mol. The normalized spacial score (nSPS) is 14.3. The number of hydrogen-bond acceptors (Lipinski definition) is 10. The Labute approximate surface area is 236 Å². The first-order valence-electron chi connectivity index (χ1n) is 13.2. The van der Waals surface area contributed by atoms with Crippen molar-refractivity contribution in [3.05, 3.63) is 48.7 Å². The lowest BCUT2D eigenvalue weighted by atomic mass is 10.0. The van der Waals surface area contributed by atoms with Gasteiger partial charge in [0.1, 0.15) is 18.0 Å². The number of aliphatic hydroxyl groups is 1. The molecule has 0 bridgehead atoms. The number of nitrogens with one attached hydrogen (secondary N) is 2. The summed E-state index contributed by atoms with van der Waals surface area (Å²) in [5.41, 5.74) is 2.72. The fourth-order valence-corrected chi connectivity index (χ4v) is 5.27. The second-order valence-corrected chi connectivity index (χ2v) is 10.9. The van der Waals surface area contributed by atoms with Crippen LogP contribution in [0, 0.1) is 0 Å². The molecule has 1 saturated heterocycles. The predicted molar refractivity (Wildman–Crippen MR) is 155 cm³/mol. The molecule has 1 fully saturated rings. The number of ether oxygens (including phenoxy) is 2. The largest absolute Gasteiger partial charge is 0.492 e. The lowest BCUT2D eigenvalue weighted by Crippen LogP contribution is -2.38. The second kappa shape index (κ2) is 12.2. The van der Waals surface area contributed by atoms with E-state index in [4.69, 9.17) is 9.47 Å². The topological polar surface area (TPSA) is 135 Å². The number of carbonyl (C=O) groups is 1. The maximum atomic E-state index is 12.2. The molecule has 0 saturated carbocycles. The molecule has 0 unspecified atom stereocenters. The van der Waals surface area contributed by atoms with Gasteiger partial charge in [-0.15, -0.1) is 0 Å². The molecule has 12 heteroatoms. The molecule has 1 aromatic carbocycles. The highest BCUT2D eigenvalue weighted by Crippen LogP contribution is 2.38. The summed E-state index contributed by atoms with van der Waals surface area (Å²) >= 11 is 1.38.